The Kier molecular flexibility index (Phi) is 5.59. The lowest BCUT2D eigenvalue weighted by Gasteiger charge is -2.28. The Hall–Kier alpha value is 0.220. The largest absolute Gasteiger partial charge is 0.314 e. The molecule has 1 fully saturated rings. The van der Waals surface area contributed by atoms with E-state index in [1.165, 1.54) is 25.7 Å². The smallest absolute Gasteiger partial charge is 0.175 e. The maximum atomic E-state index is 4.24. The van der Waals surface area contributed by atoms with Gasteiger partial charge in [0.05, 0.1) is 0 Å². The summed E-state index contributed by atoms with van der Waals surface area (Å²) in [5.41, 5.74) is 0. The molecule has 1 aliphatic carbocycles. The molecule has 0 radical (unpaired) electrons. The Morgan fingerprint density at radius 3 is 2.88 bits per heavy atom. The van der Waals surface area contributed by atoms with Crippen LogP contribution in [0, 0.1) is 0 Å². The second-order valence-corrected chi connectivity index (χ2v) is 7.78. The number of hydrogen-bond donors (Lipinski definition) is 1. The fraction of sp³-hybridized carbons (Fsp3) is 0.818. The molecular weight excluding hydrogens is 270 g/mol. The first-order valence-electron chi connectivity index (χ1n) is 6.09. The van der Waals surface area contributed by atoms with Gasteiger partial charge in [0.15, 0.2) is 8.68 Å². The molecule has 0 amide bonds. The van der Waals surface area contributed by atoms with Gasteiger partial charge in [-0.25, -0.2) is 0 Å². The van der Waals surface area contributed by atoms with Gasteiger partial charge in [-0.05, 0) is 32.1 Å². The van der Waals surface area contributed by atoms with Crippen LogP contribution in [0.3, 0.4) is 0 Å². The fourth-order valence-electron chi connectivity index (χ4n) is 2.20. The molecule has 0 bridgehead atoms. The van der Waals surface area contributed by atoms with Crippen molar-refractivity contribution in [1.29, 1.82) is 0 Å². The minimum atomic E-state index is 0.708. The molecule has 17 heavy (non-hydrogen) atoms. The van der Waals surface area contributed by atoms with E-state index in [4.69, 9.17) is 0 Å². The van der Waals surface area contributed by atoms with Crippen molar-refractivity contribution in [2.75, 3.05) is 12.8 Å². The van der Waals surface area contributed by atoms with Crippen molar-refractivity contribution in [1.82, 2.24) is 15.5 Å². The summed E-state index contributed by atoms with van der Waals surface area (Å²) in [5.74, 6) is 0. The minimum Gasteiger partial charge on any atom is -0.314 e. The lowest BCUT2D eigenvalue weighted by atomic mass is 9.95. The highest BCUT2D eigenvalue weighted by molar-refractivity contribution is 8.03. The van der Waals surface area contributed by atoms with Gasteiger partial charge in [0.1, 0.15) is 0 Å². The maximum Gasteiger partial charge on any atom is 0.175 e. The van der Waals surface area contributed by atoms with Crippen LogP contribution in [0.4, 0.5) is 0 Å². The van der Waals surface area contributed by atoms with Gasteiger partial charge >= 0.3 is 0 Å². The van der Waals surface area contributed by atoms with E-state index in [9.17, 15) is 0 Å². The maximum absolute atomic E-state index is 4.24. The standard InChI is InChI=1S/C11H19N3S3/c1-3-12-8-5-4-6-9(7-8)16-11-14-13-10(15-2)17-11/h8-9,12H,3-7H2,1-2H3. The van der Waals surface area contributed by atoms with Crippen molar-refractivity contribution in [3.63, 3.8) is 0 Å². The van der Waals surface area contributed by atoms with Crippen LogP contribution < -0.4 is 5.32 Å². The SMILES string of the molecule is CCNC1CCCC(Sc2nnc(SC)s2)C1. The first-order chi connectivity index (χ1) is 8.31. The fourth-order valence-corrected chi connectivity index (χ4v) is 5.18. The lowest BCUT2D eigenvalue weighted by molar-refractivity contribution is 0.387. The summed E-state index contributed by atoms with van der Waals surface area (Å²) in [7, 11) is 0. The minimum absolute atomic E-state index is 0.708. The second-order valence-electron chi connectivity index (χ2n) is 4.20. The van der Waals surface area contributed by atoms with Crippen LogP contribution in [0.1, 0.15) is 32.6 Å². The number of nitrogens with zero attached hydrogens (tertiary/aromatic N) is 2. The Bertz CT molecular complexity index is 340. The summed E-state index contributed by atoms with van der Waals surface area (Å²) in [5, 5.41) is 12.7. The molecule has 1 aliphatic rings. The van der Waals surface area contributed by atoms with E-state index >= 15 is 0 Å². The predicted octanol–water partition coefficient (Wildman–Crippen LogP) is 3.27. The summed E-state index contributed by atoms with van der Waals surface area (Å²) >= 11 is 5.33. The van der Waals surface area contributed by atoms with Gasteiger partial charge in [-0.3, -0.25) is 0 Å². The first-order valence-corrected chi connectivity index (χ1v) is 9.01. The zero-order chi connectivity index (χ0) is 12.1. The van der Waals surface area contributed by atoms with Crippen LogP contribution in [0.5, 0.6) is 0 Å². The van der Waals surface area contributed by atoms with Crippen LogP contribution in [0.25, 0.3) is 0 Å². The third-order valence-corrected chi connectivity index (χ3v) is 6.23. The number of rotatable bonds is 5. The molecule has 1 aromatic heterocycles. The van der Waals surface area contributed by atoms with Gasteiger partial charge in [0.2, 0.25) is 0 Å². The molecule has 0 aliphatic heterocycles. The number of hydrogen-bond acceptors (Lipinski definition) is 6. The van der Waals surface area contributed by atoms with Crippen molar-refractivity contribution in [3.05, 3.63) is 0 Å². The molecule has 2 unspecified atom stereocenters. The highest BCUT2D eigenvalue weighted by Crippen LogP contribution is 2.36. The van der Waals surface area contributed by atoms with E-state index in [0.29, 0.717) is 6.04 Å². The summed E-state index contributed by atoms with van der Waals surface area (Å²) < 4.78 is 2.21. The monoisotopic (exact) mass is 289 g/mol. The molecule has 3 nitrogen and oxygen atoms in total. The average molecular weight is 289 g/mol. The topological polar surface area (TPSA) is 37.8 Å². The molecule has 6 heteroatoms. The summed E-state index contributed by atoms with van der Waals surface area (Å²) in [6.45, 7) is 3.27. The molecule has 2 atom stereocenters. The van der Waals surface area contributed by atoms with Crippen LogP contribution in [-0.2, 0) is 0 Å². The zero-order valence-electron chi connectivity index (χ0n) is 10.3. The van der Waals surface area contributed by atoms with Crippen LogP contribution >= 0.6 is 34.9 Å². The van der Waals surface area contributed by atoms with E-state index in [1.54, 1.807) is 23.1 Å². The lowest BCUT2D eigenvalue weighted by Crippen LogP contribution is -2.34. The molecule has 0 aromatic carbocycles. The number of nitrogens with one attached hydrogen (secondary N) is 1. The van der Waals surface area contributed by atoms with Gasteiger partial charge in [0, 0.05) is 11.3 Å². The van der Waals surface area contributed by atoms with E-state index in [-0.39, 0.29) is 0 Å². The summed E-state index contributed by atoms with van der Waals surface area (Å²) in [6.07, 6.45) is 7.31. The van der Waals surface area contributed by atoms with Crippen LogP contribution in [-0.4, -0.2) is 34.3 Å². The highest BCUT2D eigenvalue weighted by Gasteiger charge is 2.23. The van der Waals surface area contributed by atoms with E-state index in [2.05, 4.69) is 28.7 Å². The van der Waals surface area contributed by atoms with Crippen molar-refractivity contribution < 1.29 is 0 Å². The Morgan fingerprint density at radius 2 is 2.18 bits per heavy atom. The zero-order valence-corrected chi connectivity index (χ0v) is 12.8. The Balaban J connectivity index is 1.85. The molecule has 96 valence electrons. The van der Waals surface area contributed by atoms with Gasteiger partial charge < -0.3 is 5.32 Å². The predicted molar refractivity (Wildman–Crippen MR) is 77.3 cm³/mol. The van der Waals surface area contributed by atoms with Crippen LogP contribution in [0.15, 0.2) is 8.68 Å². The third-order valence-electron chi connectivity index (χ3n) is 2.95. The van der Waals surface area contributed by atoms with E-state index < -0.39 is 0 Å². The van der Waals surface area contributed by atoms with Gasteiger partial charge in [-0.15, -0.1) is 10.2 Å². The van der Waals surface area contributed by atoms with Crippen LogP contribution in [0.2, 0.25) is 0 Å². The van der Waals surface area contributed by atoms with Crippen molar-refractivity contribution >= 4 is 34.9 Å². The molecule has 1 saturated carbocycles. The number of thioether (sulfide) groups is 2. The normalized spacial score (nSPS) is 25.1. The average Bonchev–Trinajstić information content (AvgIpc) is 2.78. The molecular formula is C11H19N3S3. The molecule has 0 saturated heterocycles. The molecule has 2 rings (SSSR count). The second kappa shape index (κ2) is 6.97. The Morgan fingerprint density at radius 1 is 1.35 bits per heavy atom. The number of aromatic nitrogens is 2. The van der Waals surface area contributed by atoms with Gasteiger partial charge in [-0.1, -0.05) is 48.2 Å². The van der Waals surface area contributed by atoms with Crippen molar-refractivity contribution in [3.8, 4) is 0 Å². The van der Waals surface area contributed by atoms with Gasteiger partial charge in [0.25, 0.3) is 0 Å². The molecule has 1 aromatic rings. The molecule has 1 N–H and O–H groups in total. The van der Waals surface area contributed by atoms with E-state index in [0.717, 1.165) is 20.5 Å². The molecule has 0 spiro atoms. The molecule has 1 heterocycles. The quantitative estimate of drug-likeness (QED) is 0.842. The van der Waals surface area contributed by atoms with Crippen molar-refractivity contribution in [2.24, 2.45) is 0 Å². The van der Waals surface area contributed by atoms with E-state index in [1.807, 2.05) is 11.8 Å². The van der Waals surface area contributed by atoms with Gasteiger partial charge in [-0.2, -0.15) is 0 Å². The third kappa shape index (κ3) is 4.12. The van der Waals surface area contributed by atoms with Crippen molar-refractivity contribution in [2.45, 2.75) is 52.6 Å². The Labute approximate surface area is 116 Å². The summed E-state index contributed by atoms with van der Waals surface area (Å²) in [4.78, 5) is 0. The first kappa shape index (κ1) is 13.6. The highest BCUT2D eigenvalue weighted by atomic mass is 32.2. The summed E-state index contributed by atoms with van der Waals surface area (Å²) in [6, 6.07) is 0.708.